The van der Waals surface area contributed by atoms with Crippen molar-refractivity contribution in [3.63, 3.8) is 0 Å². The van der Waals surface area contributed by atoms with Gasteiger partial charge in [-0.3, -0.25) is 4.90 Å². The molecule has 16 heavy (non-hydrogen) atoms. The van der Waals surface area contributed by atoms with Crippen LogP contribution in [0.2, 0.25) is 0 Å². The maximum absolute atomic E-state index is 6.11. The first-order valence-electron chi connectivity index (χ1n) is 6.74. The van der Waals surface area contributed by atoms with Gasteiger partial charge in [-0.05, 0) is 44.6 Å². The van der Waals surface area contributed by atoms with E-state index in [1.807, 2.05) is 7.11 Å². The Morgan fingerprint density at radius 3 is 2.38 bits per heavy atom. The van der Waals surface area contributed by atoms with Crippen LogP contribution in [0.3, 0.4) is 0 Å². The van der Waals surface area contributed by atoms with Crippen LogP contribution in [-0.4, -0.2) is 43.3 Å². The monoisotopic (exact) mass is 226 g/mol. The van der Waals surface area contributed by atoms with Crippen LogP contribution in [0.5, 0.6) is 0 Å². The van der Waals surface area contributed by atoms with E-state index in [9.17, 15) is 0 Å². The maximum Gasteiger partial charge on any atom is 0.0661 e. The van der Waals surface area contributed by atoms with Crippen molar-refractivity contribution in [1.29, 1.82) is 0 Å². The largest absolute Gasteiger partial charge is 0.383 e. The fourth-order valence-corrected chi connectivity index (χ4v) is 3.04. The second kappa shape index (κ2) is 5.03. The van der Waals surface area contributed by atoms with Crippen molar-refractivity contribution in [1.82, 2.24) is 4.90 Å². The summed E-state index contributed by atoms with van der Waals surface area (Å²) >= 11 is 0. The number of nitrogens with two attached hydrogens (primary N) is 1. The molecule has 0 spiro atoms. The van der Waals surface area contributed by atoms with Gasteiger partial charge < -0.3 is 10.5 Å². The van der Waals surface area contributed by atoms with E-state index in [1.165, 1.54) is 38.6 Å². The summed E-state index contributed by atoms with van der Waals surface area (Å²) in [4.78, 5) is 2.67. The van der Waals surface area contributed by atoms with Gasteiger partial charge in [-0.15, -0.1) is 0 Å². The Hall–Kier alpha value is -0.120. The van der Waals surface area contributed by atoms with Gasteiger partial charge in [0.25, 0.3) is 0 Å². The summed E-state index contributed by atoms with van der Waals surface area (Å²) in [5.74, 6) is 0.782. The number of ether oxygens (including phenoxy) is 1. The first-order chi connectivity index (χ1) is 7.78. The van der Waals surface area contributed by atoms with Gasteiger partial charge in [0.05, 0.1) is 12.1 Å². The van der Waals surface area contributed by atoms with Crippen LogP contribution >= 0.6 is 0 Å². The molecule has 0 saturated heterocycles. The molecular formula is C13H26N2O. The Kier molecular flexibility index (Phi) is 3.88. The smallest absolute Gasteiger partial charge is 0.0661 e. The quantitative estimate of drug-likeness (QED) is 0.683. The van der Waals surface area contributed by atoms with Crippen LogP contribution in [0.4, 0.5) is 0 Å². The zero-order valence-corrected chi connectivity index (χ0v) is 10.7. The lowest BCUT2D eigenvalue weighted by atomic mass is 9.91. The van der Waals surface area contributed by atoms with Gasteiger partial charge in [0.2, 0.25) is 0 Å². The van der Waals surface area contributed by atoms with Crippen molar-refractivity contribution in [2.75, 3.05) is 26.8 Å². The summed E-state index contributed by atoms with van der Waals surface area (Å²) in [5.41, 5.74) is 6.25. The van der Waals surface area contributed by atoms with E-state index in [1.54, 1.807) is 0 Å². The molecule has 1 atom stereocenters. The molecule has 94 valence electrons. The van der Waals surface area contributed by atoms with E-state index in [2.05, 4.69) is 11.8 Å². The molecular weight excluding hydrogens is 200 g/mol. The molecule has 3 nitrogen and oxygen atoms in total. The van der Waals surface area contributed by atoms with Crippen molar-refractivity contribution in [3.8, 4) is 0 Å². The molecule has 2 aliphatic carbocycles. The van der Waals surface area contributed by atoms with Gasteiger partial charge in [0, 0.05) is 19.7 Å². The van der Waals surface area contributed by atoms with Gasteiger partial charge in [-0.25, -0.2) is 0 Å². The molecule has 2 N–H and O–H groups in total. The predicted octanol–water partition coefficient (Wildman–Crippen LogP) is 1.61. The van der Waals surface area contributed by atoms with E-state index < -0.39 is 0 Å². The lowest BCUT2D eigenvalue weighted by Crippen LogP contribution is -2.59. The van der Waals surface area contributed by atoms with Crippen LogP contribution in [0.25, 0.3) is 0 Å². The first kappa shape index (κ1) is 12.3. The van der Waals surface area contributed by atoms with Crippen molar-refractivity contribution in [3.05, 3.63) is 0 Å². The molecule has 0 heterocycles. The van der Waals surface area contributed by atoms with E-state index in [0.29, 0.717) is 0 Å². The van der Waals surface area contributed by atoms with Gasteiger partial charge in [-0.1, -0.05) is 6.92 Å². The van der Waals surface area contributed by atoms with Crippen LogP contribution in [-0.2, 0) is 4.74 Å². The second-order valence-corrected chi connectivity index (χ2v) is 5.44. The number of nitrogens with zero attached hydrogens (tertiary/aromatic N) is 1. The Balaban J connectivity index is 2.12. The van der Waals surface area contributed by atoms with E-state index >= 15 is 0 Å². The maximum atomic E-state index is 6.11. The lowest BCUT2D eigenvalue weighted by molar-refractivity contribution is -0.00645. The zero-order chi connectivity index (χ0) is 11.6. The molecule has 2 aliphatic rings. The standard InChI is InChI=1S/C13H26N2O/c1-3-8-15(12-6-7-12)13(9-14,10-16-2)11-4-5-11/h11-12H,3-10,14H2,1-2H3. The third-order valence-electron chi connectivity index (χ3n) is 4.11. The molecule has 0 aromatic carbocycles. The third kappa shape index (κ3) is 2.27. The minimum absolute atomic E-state index is 0.145. The Labute approximate surface area is 99.3 Å². The van der Waals surface area contributed by atoms with Crippen LogP contribution in [0, 0.1) is 5.92 Å². The molecule has 0 radical (unpaired) electrons. The minimum atomic E-state index is 0.145. The SMILES string of the molecule is CCCN(C1CC1)C(CN)(COC)C1CC1. The molecule has 3 heteroatoms. The van der Waals surface area contributed by atoms with Crippen LogP contribution in [0.1, 0.15) is 39.0 Å². The summed E-state index contributed by atoms with van der Waals surface area (Å²) < 4.78 is 5.48. The van der Waals surface area contributed by atoms with E-state index in [0.717, 1.165) is 25.1 Å². The fraction of sp³-hybridized carbons (Fsp3) is 1.00. The van der Waals surface area contributed by atoms with Gasteiger partial charge in [0.1, 0.15) is 0 Å². The molecule has 2 saturated carbocycles. The fourth-order valence-electron chi connectivity index (χ4n) is 3.04. The van der Waals surface area contributed by atoms with E-state index in [4.69, 9.17) is 10.5 Å². The molecule has 0 aromatic heterocycles. The highest BCUT2D eigenvalue weighted by atomic mass is 16.5. The Morgan fingerprint density at radius 1 is 1.31 bits per heavy atom. The summed E-state index contributed by atoms with van der Waals surface area (Å²) in [6.45, 7) is 5.00. The molecule has 1 unspecified atom stereocenters. The average molecular weight is 226 g/mol. The van der Waals surface area contributed by atoms with E-state index in [-0.39, 0.29) is 5.54 Å². The molecule has 0 bridgehead atoms. The zero-order valence-electron chi connectivity index (χ0n) is 10.7. The Bertz CT molecular complexity index is 226. The van der Waals surface area contributed by atoms with Crippen molar-refractivity contribution >= 4 is 0 Å². The van der Waals surface area contributed by atoms with Crippen molar-refractivity contribution < 1.29 is 4.74 Å². The van der Waals surface area contributed by atoms with Crippen molar-refractivity contribution in [2.24, 2.45) is 11.7 Å². The lowest BCUT2D eigenvalue weighted by Gasteiger charge is -2.44. The van der Waals surface area contributed by atoms with Gasteiger partial charge >= 0.3 is 0 Å². The molecule has 0 aromatic rings. The summed E-state index contributed by atoms with van der Waals surface area (Å²) in [7, 11) is 1.81. The highest BCUT2D eigenvalue weighted by molar-refractivity contribution is 5.07. The number of hydrogen-bond donors (Lipinski definition) is 1. The van der Waals surface area contributed by atoms with Crippen LogP contribution in [0.15, 0.2) is 0 Å². The Morgan fingerprint density at radius 2 is 2.00 bits per heavy atom. The number of methoxy groups -OCH3 is 1. The number of hydrogen-bond acceptors (Lipinski definition) is 3. The van der Waals surface area contributed by atoms with Crippen LogP contribution < -0.4 is 5.73 Å². The third-order valence-corrected chi connectivity index (χ3v) is 4.11. The molecule has 0 aliphatic heterocycles. The topological polar surface area (TPSA) is 38.5 Å². The predicted molar refractivity (Wildman–Crippen MR) is 66.4 cm³/mol. The first-order valence-corrected chi connectivity index (χ1v) is 6.74. The molecule has 2 rings (SSSR count). The molecule has 0 amide bonds. The highest BCUT2D eigenvalue weighted by Gasteiger charge is 2.51. The molecule has 2 fully saturated rings. The number of rotatable bonds is 8. The summed E-state index contributed by atoms with van der Waals surface area (Å²) in [5, 5.41) is 0. The van der Waals surface area contributed by atoms with Crippen molar-refractivity contribution in [2.45, 2.75) is 50.6 Å². The van der Waals surface area contributed by atoms with Gasteiger partial charge in [0.15, 0.2) is 0 Å². The highest BCUT2D eigenvalue weighted by Crippen LogP contribution is 2.46. The van der Waals surface area contributed by atoms with Gasteiger partial charge in [-0.2, -0.15) is 0 Å². The minimum Gasteiger partial charge on any atom is -0.383 e. The summed E-state index contributed by atoms with van der Waals surface area (Å²) in [6, 6.07) is 0.791. The second-order valence-electron chi connectivity index (χ2n) is 5.44. The average Bonchev–Trinajstić information content (AvgIpc) is 3.16. The summed E-state index contributed by atoms with van der Waals surface area (Å²) in [6.07, 6.45) is 6.62. The normalized spacial score (nSPS) is 24.8.